The van der Waals surface area contributed by atoms with Crippen LogP contribution in [0, 0.1) is 12.3 Å². The molecule has 2 saturated heterocycles. The molecule has 0 unspecified atom stereocenters. The Morgan fingerprint density at radius 1 is 1.26 bits per heavy atom. The van der Waals surface area contributed by atoms with Gasteiger partial charge in [-0.25, -0.2) is 0 Å². The van der Waals surface area contributed by atoms with Gasteiger partial charge in [0, 0.05) is 37.7 Å². The van der Waals surface area contributed by atoms with E-state index < -0.39 is 0 Å². The number of nitrogens with zero attached hydrogens (tertiary/aromatic N) is 4. The Kier molecular flexibility index (Phi) is 6.40. The minimum atomic E-state index is 0.0302. The van der Waals surface area contributed by atoms with Crippen LogP contribution in [-0.4, -0.2) is 62.2 Å². The second-order valence-electron chi connectivity index (χ2n) is 8.18. The first kappa shape index (κ1) is 20.1. The van der Waals surface area contributed by atoms with Gasteiger partial charge in [-0.1, -0.05) is 13.8 Å². The van der Waals surface area contributed by atoms with E-state index in [-0.39, 0.29) is 17.2 Å². The highest BCUT2D eigenvalue weighted by Crippen LogP contribution is 2.39. The minimum absolute atomic E-state index is 0.0302. The highest BCUT2D eigenvalue weighted by atomic mass is 32.2. The van der Waals surface area contributed by atoms with Crippen LogP contribution in [0.1, 0.15) is 50.9 Å². The average molecular weight is 391 g/mol. The fourth-order valence-electron chi connectivity index (χ4n) is 4.03. The van der Waals surface area contributed by atoms with Crippen LogP contribution in [0.4, 0.5) is 0 Å². The summed E-state index contributed by atoms with van der Waals surface area (Å²) in [6.07, 6.45) is 7.03. The monoisotopic (exact) mass is 390 g/mol. The molecule has 6 nitrogen and oxygen atoms in total. The van der Waals surface area contributed by atoms with Crippen LogP contribution in [-0.2, 0) is 16.1 Å². The summed E-state index contributed by atoms with van der Waals surface area (Å²) in [6.45, 7) is 8.98. The van der Waals surface area contributed by atoms with Crippen molar-refractivity contribution in [2.45, 2.75) is 58.2 Å². The summed E-state index contributed by atoms with van der Waals surface area (Å²) in [7, 11) is 0. The number of hydrogen-bond donors (Lipinski definition) is 0. The number of thioether (sulfide) groups is 1. The van der Waals surface area contributed by atoms with Gasteiger partial charge in [-0.05, 0) is 31.4 Å². The number of hydrogen-bond acceptors (Lipinski definition) is 5. The Bertz CT molecular complexity index is 679. The van der Waals surface area contributed by atoms with E-state index in [4.69, 9.17) is 0 Å². The number of aromatic nitrogens is 2. The fraction of sp³-hybridized carbons (Fsp3) is 0.700. The molecule has 2 aliphatic heterocycles. The van der Waals surface area contributed by atoms with Crippen molar-refractivity contribution in [3.8, 4) is 0 Å². The minimum Gasteiger partial charge on any atom is -0.341 e. The van der Waals surface area contributed by atoms with Crippen molar-refractivity contribution in [1.82, 2.24) is 19.8 Å². The molecule has 0 aliphatic carbocycles. The summed E-state index contributed by atoms with van der Waals surface area (Å²) in [4.78, 5) is 37.7. The molecule has 2 amide bonds. The molecule has 0 radical (unpaired) electrons. The lowest BCUT2D eigenvalue weighted by Crippen LogP contribution is -2.55. The molecule has 0 saturated carbocycles. The molecule has 1 spiro atoms. The molecular formula is C20H30N4O2S. The largest absolute Gasteiger partial charge is 0.341 e. The lowest BCUT2D eigenvalue weighted by molar-refractivity contribution is -0.142. The normalized spacial score (nSPS) is 23.3. The van der Waals surface area contributed by atoms with Crippen LogP contribution < -0.4 is 0 Å². The van der Waals surface area contributed by atoms with Crippen LogP contribution in [0.5, 0.6) is 0 Å². The summed E-state index contributed by atoms with van der Waals surface area (Å²) in [6, 6.07) is 0. The molecule has 0 bridgehead atoms. The molecule has 1 aromatic rings. The van der Waals surface area contributed by atoms with E-state index in [1.54, 1.807) is 24.2 Å². The number of piperidine rings is 2. The number of rotatable bonds is 5. The van der Waals surface area contributed by atoms with Crippen molar-refractivity contribution < 1.29 is 9.59 Å². The number of likely N-dealkylation sites (tertiary alicyclic amines) is 2. The number of aryl methyl sites for hydroxylation is 1. The summed E-state index contributed by atoms with van der Waals surface area (Å²) >= 11 is 1.70. The standard InChI is InChI=1S/C20H30N4O2S/c1-15(2)27-12-19(26)23-8-4-6-20(13-23)7-5-18(25)24(14-20)11-17-10-21-16(3)9-22-17/h9-10,15H,4-8,11-14H2,1-3H3/t20-/m1/s1. The number of amides is 2. The van der Waals surface area contributed by atoms with Crippen LogP contribution >= 0.6 is 11.8 Å². The van der Waals surface area contributed by atoms with Gasteiger partial charge in [-0.15, -0.1) is 11.8 Å². The van der Waals surface area contributed by atoms with Gasteiger partial charge in [0.15, 0.2) is 0 Å². The topological polar surface area (TPSA) is 66.4 Å². The van der Waals surface area contributed by atoms with Crippen LogP contribution in [0.2, 0.25) is 0 Å². The zero-order chi connectivity index (χ0) is 19.4. The molecule has 2 aliphatic rings. The summed E-state index contributed by atoms with van der Waals surface area (Å²) in [5, 5.41) is 0.464. The van der Waals surface area contributed by atoms with E-state index in [1.165, 1.54) is 0 Å². The van der Waals surface area contributed by atoms with Gasteiger partial charge in [0.1, 0.15) is 0 Å². The summed E-state index contributed by atoms with van der Waals surface area (Å²) in [5.74, 6) is 0.970. The third-order valence-electron chi connectivity index (χ3n) is 5.49. The number of carbonyl (C=O) groups is 2. The molecule has 7 heteroatoms. The lowest BCUT2D eigenvalue weighted by atomic mass is 9.73. The van der Waals surface area contributed by atoms with Crippen LogP contribution in [0.3, 0.4) is 0 Å². The first-order chi connectivity index (χ1) is 12.9. The van der Waals surface area contributed by atoms with Crippen LogP contribution in [0.15, 0.2) is 12.4 Å². The Hall–Kier alpha value is -1.63. The van der Waals surface area contributed by atoms with Gasteiger partial charge in [0.2, 0.25) is 11.8 Å². The molecule has 1 aromatic heterocycles. The Labute approximate surface area is 166 Å². The van der Waals surface area contributed by atoms with E-state index >= 15 is 0 Å². The quantitative estimate of drug-likeness (QED) is 0.773. The van der Waals surface area contributed by atoms with Crippen molar-refractivity contribution in [2.24, 2.45) is 5.41 Å². The molecular weight excluding hydrogens is 360 g/mol. The SMILES string of the molecule is Cc1cnc(CN2C[C@]3(CCCN(C(=O)CSC(C)C)C3)CCC2=O)cn1. The average Bonchev–Trinajstić information content (AvgIpc) is 2.65. The second-order valence-corrected chi connectivity index (χ2v) is 9.74. The van der Waals surface area contributed by atoms with Crippen molar-refractivity contribution >= 4 is 23.6 Å². The lowest BCUT2D eigenvalue weighted by Gasteiger charge is -2.48. The van der Waals surface area contributed by atoms with Crippen LogP contribution in [0.25, 0.3) is 0 Å². The molecule has 27 heavy (non-hydrogen) atoms. The molecule has 3 rings (SSSR count). The molecule has 0 N–H and O–H groups in total. The second kappa shape index (κ2) is 8.59. The molecule has 148 valence electrons. The van der Waals surface area contributed by atoms with Gasteiger partial charge in [0.25, 0.3) is 0 Å². The Morgan fingerprint density at radius 3 is 2.78 bits per heavy atom. The molecule has 0 aromatic carbocycles. The molecule has 3 heterocycles. The maximum absolute atomic E-state index is 12.6. The highest BCUT2D eigenvalue weighted by Gasteiger charge is 2.42. The predicted molar refractivity (Wildman–Crippen MR) is 107 cm³/mol. The smallest absolute Gasteiger partial charge is 0.232 e. The van der Waals surface area contributed by atoms with Crippen molar-refractivity contribution in [2.75, 3.05) is 25.4 Å². The van der Waals surface area contributed by atoms with Crippen molar-refractivity contribution in [3.63, 3.8) is 0 Å². The Balaban J connectivity index is 1.65. The highest BCUT2D eigenvalue weighted by molar-refractivity contribution is 8.00. The van der Waals surface area contributed by atoms with Gasteiger partial charge < -0.3 is 9.80 Å². The third kappa shape index (κ3) is 5.21. The van der Waals surface area contributed by atoms with E-state index in [0.29, 0.717) is 30.5 Å². The van der Waals surface area contributed by atoms with Gasteiger partial charge in [0.05, 0.1) is 29.9 Å². The summed E-state index contributed by atoms with van der Waals surface area (Å²) < 4.78 is 0. The molecule has 1 atom stereocenters. The van der Waals surface area contributed by atoms with Gasteiger partial charge >= 0.3 is 0 Å². The predicted octanol–water partition coefficient (Wildman–Crippen LogP) is 2.66. The van der Waals surface area contributed by atoms with E-state index in [0.717, 1.165) is 43.7 Å². The van der Waals surface area contributed by atoms with E-state index in [1.807, 2.05) is 16.7 Å². The first-order valence-corrected chi connectivity index (χ1v) is 10.9. The zero-order valence-corrected chi connectivity index (χ0v) is 17.4. The van der Waals surface area contributed by atoms with Crippen molar-refractivity contribution in [3.05, 3.63) is 23.8 Å². The summed E-state index contributed by atoms with van der Waals surface area (Å²) in [5.41, 5.74) is 1.73. The van der Waals surface area contributed by atoms with E-state index in [2.05, 4.69) is 23.8 Å². The first-order valence-electron chi connectivity index (χ1n) is 9.82. The third-order valence-corrected chi connectivity index (χ3v) is 6.57. The fourth-order valence-corrected chi connectivity index (χ4v) is 4.68. The Morgan fingerprint density at radius 2 is 2.07 bits per heavy atom. The maximum atomic E-state index is 12.6. The van der Waals surface area contributed by atoms with Gasteiger partial charge in [-0.2, -0.15) is 0 Å². The number of carbonyl (C=O) groups excluding carboxylic acids is 2. The van der Waals surface area contributed by atoms with Crippen molar-refractivity contribution in [1.29, 1.82) is 0 Å². The van der Waals surface area contributed by atoms with E-state index in [9.17, 15) is 9.59 Å². The maximum Gasteiger partial charge on any atom is 0.232 e. The van der Waals surface area contributed by atoms with Gasteiger partial charge in [-0.3, -0.25) is 19.6 Å². The molecule has 2 fully saturated rings. The zero-order valence-electron chi connectivity index (χ0n) is 16.6.